The van der Waals surface area contributed by atoms with Crippen molar-refractivity contribution in [1.29, 1.82) is 0 Å². The Morgan fingerprint density at radius 3 is 2.52 bits per heavy atom. The average molecular weight is 372 g/mol. The molecule has 1 aromatic rings. The van der Waals surface area contributed by atoms with E-state index < -0.39 is 0 Å². The van der Waals surface area contributed by atoms with Crippen molar-refractivity contribution in [2.24, 2.45) is 11.7 Å². The molecule has 1 aliphatic heterocycles. The van der Waals surface area contributed by atoms with Crippen LogP contribution in [0.3, 0.4) is 0 Å². The third kappa shape index (κ3) is 5.94. The number of carbonyl (C=O) groups excluding carboxylic acids is 1. The summed E-state index contributed by atoms with van der Waals surface area (Å²) >= 11 is 0. The zero-order chi connectivity index (χ0) is 16.8. The highest BCUT2D eigenvalue weighted by atomic mass is 35.5. The minimum Gasteiger partial charge on any atom is -0.340 e. The molecule has 1 aromatic heterocycles. The van der Waals surface area contributed by atoms with Gasteiger partial charge in [-0.3, -0.25) is 9.69 Å². The van der Waals surface area contributed by atoms with Gasteiger partial charge in [-0.15, -0.1) is 12.4 Å². The summed E-state index contributed by atoms with van der Waals surface area (Å²) in [7, 11) is 0. The number of nitrogens with two attached hydrogens (primary N) is 1. The van der Waals surface area contributed by atoms with Gasteiger partial charge in [0.05, 0.1) is 13.1 Å². The maximum absolute atomic E-state index is 12.4. The van der Waals surface area contributed by atoms with E-state index in [4.69, 9.17) is 10.3 Å². The van der Waals surface area contributed by atoms with Gasteiger partial charge in [-0.25, -0.2) is 0 Å². The van der Waals surface area contributed by atoms with E-state index in [1.165, 1.54) is 32.1 Å². The van der Waals surface area contributed by atoms with Crippen molar-refractivity contribution in [1.82, 2.24) is 19.9 Å². The topological polar surface area (TPSA) is 88.5 Å². The molecule has 0 radical (unpaired) electrons. The molecule has 2 aliphatic rings. The number of piperazine rings is 1. The van der Waals surface area contributed by atoms with Gasteiger partial charge in [-0.05, 0) is 12.3 Å². The fourth-order valence-electron chi connectivity index (χ4n) is 3.75. The molecule has 0 spiro atoms. The highest BCUT2D eigenvalue weighted by Crippen LogP contribution is 2.27. The van der Waals surface area contributed by atoms with Crippen LogP contribution in [0.1, 0.15) is 56.7 Å². The SMILES string of the molecule is Cl.NCc1nc(CN2CCN(C(=O)CCC3CCCCC3)CC2)no1. The molecule has 142 valence electrons. The molecule has 0 unspecified atom stereocenters. The summed E-state index contributed by atoms with van der Waals surface area (Å²) < 4.78 is 5.03. The van der Waals surface area contributed by atoms with Crippen molar-refractivity contribution < 1.29 is 9.32 Å². The zero-order valence-corrected chi connectivity index (χ0v) is 15.7. The lowest BCUT2D eigenvalue weighted by atomic mass is 9.86. The Bertz CT molecular complexity index is 525. The monoisotopic (exact) mass is 371 g/mol. The van der Waals surface area contributed by atoms with Crippen molar-refractivity contribution in [2.45, 2.75) is 58.0 Å². The fourth-order valence-corrected chi connectivity index (χ4v) is 3.75. The van der Waals surface area contributed by atoms with Crippen LogP contribution in [0, 0.1) is 5.92 Å². The lowest BCUT2D eigenvalue weighted by molar-refractivity contribution is -0.133. The van der Waals surface area contributed by atoms with E-state index >= 15 is 0 Å². The molecule has 0 atom stereocenters. The minimum atomic E-state index is 0. The molecule has 1 aliphatic carbocycles. The lowest BCUT2D eigenvalue weighted by Crippen LogP contribution is -2.48. The second-order valence-corrected chi connectivity index (χ2v) is 7.01. The van der Waals surface area contributed by atoms with Gasteiger partial charge in [0.2, 0.25) is 11.8 Å². The van der Waals surface area contributed by atoms with Crippen LogP contribution in [0.5, 0.6) is 0 Å². The largest absolute Gasteiger partial charge is 0.340 e. The van der Waals surface area contributed by atoms with Crippen LogP contribution in [0.4, 0.5) is 0 Å². The molecule has 2 N–H and O–H groups in total. The van der Waals surface area contributed by atoms with Crippen molar-refractivity contribution in [3.63, 3.8) is 0 Å². The molecular formula is C17H30ClN5O2. The van der Waals surface area contributed by atoms with Gasteiger partial charge < -0.3 is 15.2 Å². The van der Waals surface area contributed by atoms with Crippen LogP contribution in [0.15, 0.2) is 4.52 Å². The second kappa shape index (κ2) is 10.1. The smallest absolute Gasteiger partial charge is 0.240 e. The van der Waals surface area contributed by atoms with E-state index in [1.54, 1.807) is 0 Å². The molecule has 0 aromatic carbocycles. The lowest BCUT2D eigenvalue weighted by Gasteiger charge is -2.34. The predicted molar refractivity (Wildman–Crippen MR) is 97.1 cm³/mol. The molecular weight excluding hydrogens is 342 g/mol. The van der Waals surface area contributed by atoms with E-state index in [0.29, 0.717) is 24.2 Å². The number of halogens is 1. The molecule has 3 rings (SSSR count). The molecule has 2 heterocycles. The van der Waals surface area contributed by atoms with Crippen LogP contribution in [0.2, 0.25) is 0 Å². The molecule has 1 saturated carbocycles. The second-order valence-electron chi connectivity index (χ2n) is 7.01. The Hall–Kier alpha value is -1.18. The van der Waals surface area contributed by atoms with Gasteiger partial charge in [0.25, 0.3) is 0 Å². The number of hydrogen-bond acceptors (Lipinski definition) is 6. The normalized spacial score (nSPS) is 19.6. The van der Waals surface area contributed by atoms with Gasteiger partial charge in [0.1, 0.15) is 0 Å². The third-order valence-electron chi connectivity index (χ3n) is 5.27. The summed E-state index contributed by atoms with van der Waals surface area (Å²) in [5.74, 6) is 2.25. The van der Waals surface area contributed by atoms with Crippen molar-refractivity contribution in [3.8, 4) is 0 Å². The fraction of sp³-hybridized carbons (Fsp3) is 0.824. The quantitative estimate of drug-likeness (QED) is 0.822. The van der Waals surface area contributed by atoms with Crippen LogP contribution in [-0.4, -0.2) is 52.0 Å². The van der Waals surface area contributed by atoms with E-state index in [1.807, 2.05) is 4.90 Å². The molecule has 0 bridgehead atoms. The van der Waals surface area contributed by atoms with E-state index in [2.05, 4.69) is 15.0 Å². The van der Waals surface area contributed by atoms with E-state index in [9.17, 15) is 4.79 Å². The summed E-state index contributed by atoms with van der Waals surface area (Å²) in [4.78, 5) is 20.9. The number of nitrogens with zero attached hydrogens (tertiary/aromatic N) is 4. The molecule has 25 heavy (non-hydrogen) atoms. The van der Waals surface area contributed by atoms with Crippen LogP contribution in [0.25, 0.3) is 0 Å². The number of rotatable bonds is 6. The predicted octanol–water partition coefficient (Wildman–Crippen LogP) is 1.95. The highest BCUT2D eigenvalue weighted by molar-refractivity contribution is 5.85. The molecule has 7 nitrogen and oxygen atoms in total. The Labute approximate surface area is 155 Å². The zero-order valence-electron chi connectivity index (χ0n) is 14.9. The van der Waals surface area contributed by atoms with Crippen LogP contribution in [-0.2, 0) is 17.9 Å². The first kappa shape index (κ1) is 20.1. The van der Waals surface area contributed by atoms with Gasteiger partial charge in [-0.1, -0.05) is 37.3 Å². The van der Waals surface area contributed by atoms with E-state index in [0.717, 1.165) is 44.9 Å². The van der Waals surface area contributed by atoms with Gasteiger partial charge >= 0.3 is 0 Å². The first-order chi connectivity index (χ1) is 11.7. The first-order valence-electron chi connectivity index (χ1n) is 9.26. The maximum Gasteiger partial charge on any atom is 0.240 e. The first-order valence-corrected chi connectivity index (χ1v) is 9.26. The summed E-state index contributed by atoms with van der Waals surface area (Å²) in [5.41, 5.74) is 5.48. The average Bonchev–Trinajstić information content (AvgIpc) is 3.09. The standard InChI is InChI=1S/C17H29N5O2.ClH/c18-12-16-19-15(20-24-16)13-21-8-10-22(11-9-21)17(23)7-6-14-4-2-1-3-5-14;/h14H,1-13,18H2;1H. The van der Waals surface area contributed by atoms with Crippen molar-refractivity contribution in [2.75, 3.05) is 26.2 Å². The minimum absolute atomic E-state index is 0. The number of carbonyl (C=O) groups is 1. The molecule has 1 saturated heterocycles. The number of aromatic nitrogens is 2. The van der Waals surface area contributed by atoms with E-state index in [-0.39, 0.29) is 19.0 Å². The third-order valence-corrected chi connectivity index (χ3v) is 5.27. The maximum atomic E-state index is 12.4. The number of amides is 1. The van der Waals surface area contributed by atoms with Crippen LogP contribution < -0.4 is 5.73 Å². The van der Waals surface area contributed by atoms with Crippen molar-refractivity contribution in [3.05, 3.63) is 11.7 Å². The highest BCUT2D eigenvalue weighted by Gasteiger charge is 2.23. The van der Waals surface area contributed by atoms with Gasteiger partial charge in [0.15, 0.2) is 5.82 Å². The Kier molecular flexibility index (Phi) is 8.12. The summed E-state index contributed by atoms with van der Waals surface area (Å²) in [6.45, 7) is 4.25. The van der Waals surface area contributed by atoms with Gasteiger partial charge in [0, 0.05) is 32.6 Å². The molecule has 8 heteroatoms. The van der Waals surface area contributed by atoms with Crippen molar-refractivity contribution >= 4 is 18.3 Å². The van der Waals surface area contributed by atoms with Crippen LogP contribution >= 0.6 is 12.4 Å². The summed E-state index contributed by atoms with van der Waals surface area (Å²) in [5, 5.41) is 3.93. The summed E-state index contributed by atoms with van der Waals surface area (Å²) in [6.07, 6.45) is 8.49. The Morgan fingerprint density at radius 2 is 1.88 bits per heavy atom. The summed E-state index contributed by atoms with van der Waals surface area (Å²) in [6, 6.07) is 0. The molecule has 2 fully saturated rings. The Morgan fingerprint density at radius 1 is 1.16 bits per heavy atom. The number of hydrogen-bond donors (Lipinski definition) is 1. The molecule has 1 amide bonds. The Balaban J connectivity index is 0.00000225. The van der Waals surface area contributed by atoms with Gasteiger partial charge in [-0.2, -0.15) is 4.98 Å².